The molecule has 1 fully saturated rings. The summed E-state index contributed by atoms with van der Waals surface area (Å²) in [6.07, 6.45) is 3.41. The van der Waals surface area contributed by atoms with E-state index in [0.717, 1.165) is 49.9 Å². The van der Waals surface area contributed by atoms with Crippen molar-refractivity contribution in [2.24, 2.45) is 0 Å². The zero-order chi connectivity index (χ0) is 16.2. The number of anilines is 2. The van der Waals surface area contributed by atoms with Gasteiger partial charge in [-0.1, -0.05) is 6.07 Å². The summed E-state index contributed by atoms with van der Waals surface area (Å²) in [5.74, 6) is -1.13. The first-order valence-corrected chi connectivity index (χ1v) is 7.62. The fraction of sp³-hybridized carbons (Fsp3) is 0.294. The molecule has 6 heteroatoms. The number of rotatable bonds is 3. The summed E-state index contributed by atoms with van der Waals surface area (Å²) in [4.78, 5) is 18.7. The van der Waals surface area contributed by atoms with Crippen LogP contribution in [0.4, 0.5) is 20.3 Å². The zero-order valence-corrected chi connectivity index (χ0v) is 12.6. The molecule has 0 radical (unpaired) electrons. The number of aromatic nitrogens is 1. The van der Waals surface area contributed by atoms with Gasteiger partial charge in [0.25, 0.3) is 5.91 Å². The lowest BCUT2D eigenvalue weighted by atomic mass is 10.1. The molecule has 120 valence electrons. The van der Waals surface area contributed by atoms with E-state index in [4.69, 9.17) is 0 Å². The molecule has 2 aromatic rings. The molecule has 0 unspecified atom stereocenters. The Hall–Kier alpha value is -2.50. The molecule has 1 amide bonds. The molecule has 4 nitrogen and oxygen atoms in total. The quantitative estimate of drug-likeness (QED) is 0.941. The van der Waals surface area contributed by atoms with E-state index >= 15 is 0 Å². The Kier molecular flexibility index (Phi) is 4.50. The highest BCUT2D eigenvalue weighted by Crippen LogP contribution is 2.19. The van der Waals surface area contributed by atoms with Gasteiger partial charge < -0.3 is 10.2 Å². The number of hydrogen-bond donors (Lipinski definition) is 1. The van der Waals surface area contributed by atoms with Crippen molar-refractivity contribution in [3.63, 3.8) is 0 Å². The molecule has 1 saturated heterocycles. The van der Waals surface area contributed by atoms with Crippen LogP contribution in [0.15, 0.2) is 36.4 Å². The molecule has 0 bridgehead atoms. The Morgan fingerprint density at radius 1 is 1.09 bits per heavy atom. The van der Waals surface area contributed by atoms with Gasteiger partial charge in [0.05, 0.1) is 5.69 Å². The average molecular weight is 317 g/mol. The molecule has 1 aromatic carbocycles. The third-order valence-electron chi connectivity index (χ3n) is 3.82. The Labute approximate surface area is 133 Å². The minimum atomic E-state index is -0.688. The first kappa shape index (κ1) is 15.4. The van der Waals surface area contributed by atoms with Crippen LogP contribution in [0, 0.1) is 11.6 Å². The lowest BCUT2D eigenvalue weighted by Gasteiger charge is -2.27. The Morgan fingerprint density at radius 3 is 2.65 bits per heavy atom. The van der Waals surface area contributed by atoms with Crippen LogP contribution in [0.1, 0.15) is 29.8 Å². The van der Waals surface area contributed by atoms with Crippen LogP contribution in [0.2, 0.25) is 0 Å². The van der Waals surface area contributed by atoms with Gasteiger partial charge in [-0.15, -0.1) is 0 Å². The zero-order valence-electron chi connectivity index (χ0n) is 12.6. The Balaban J connectivity index is 1.78. The van der Waals surface area contributed by atoms with Gasteiger partial charge in [0.2, 0.25) is 0 Å². The van der Waals surface area contributed by atoms with E-state index in [2.05, 4.69) is 15.2 Å². The highest BCUT2D eigenvalue weighted by Gasteiger charge is 2.15. The number of pyridine rings is 1. The number of halogens is 2. The predicted molar refractivity (Wildman–Crippen MR) is 84.6 cm³/mol. The van der Waals surface area contributed by atoms with Gasteiger partial charge in [-0.05, 0) is 43.5 Å². The standard InChI is InChI=1S/C17H17F2N3O/c18-12-7-8-13(19)15(11-12)21-17(23)14-5-4-6-16(20-14)22-9-2-1-3-10-22/h4-8,11H,1-3,9-10H2,(H,21,23). The third-order valence-corrected chi connectivity index (χ3v) is 3.82. The summed E-state index contributed by atoms with van der Waals surface area (Å²) in [6.45, 7) is 1.83. The minimum Gasteiger partial charge on any atom is -0.357 e. The SMILES string of the molecule is O=C(Nc1cc(F)ccc1F)c1cccc(N2CCCCC2)n1. The number of carbonyl (C=O) groups is 1. The Bertz CT molecular complexity index is 715. The van der Waals surface area contributed by atoms with Crippen LogP contribution in [0.25, 0.3) is 0 Å². The van der Waals surface area contributed by atoms with Gasteiger partial charge in [0.1, 0.15) is 23.1 Å². The lowest BCUT2D eigenvalue weighted by molar-refractivity contribution is 0.102. The highest BCUT2D eigenvalue weighted by atomic mass is 19.1. The molecule has 1 aromatic heterocycles. The predicted octanol–water partition coefficient (Wildman–Crippen LogP) is 3.60. The molecular formula is C17H17F2N3O. The van der Waals surface area contributed by atoms with E-state index in [0.29, 0.717) is 0 Å². The van der Waals surface area contributed by atoms with Gasteiger partial charge in [-0.25, -0.2) is 13.8 Å². The second kappa shape index (κ2) is 6.73. The smallest absolute Gasteiger partial charge is 0.274 e. The molecule has 0 saturated carbocycles. The molecule has 1 aliphatic heterocycles. The van der Waals surface area contributed by atoms with Crippen molar-refractivity contribution < 1.29 is 13.6 Å². The van der Waals surface area contributed by atoms with Crippen LogP contribution in [-0.4, -0.2) is 24.0 Å². The molecule has 1 aliphatic rings. The average Bonchev–Trinajstić information content (AvgIpc) is 2.59. The van der Waals surface area contributed by atoms with Crippen molar-refractivity contribution in [3.8, 4) is 0 Å². The molecular weight excluding hydrogens is 300 g/mol. The molecule has 3 rings (SSSR count). The van der Waals surface area contributed by atoms with Crippen molar-refractivity contribution in [2.45, 2.75) is 19.3 Å². The Morgan fingerprint density at radius 2 is 1.87 bits per heavy atom. The van der Waals surface area contributed by atoms with Gasteiger partial charge in [-0.2, -0.15) is 0 Å². The van der Waals surface area contributed by atoms with Gasteiger partial charge in [0, 0.05) is 19.2 Å². The van der Waals surface area contributed by atoms with Crippen molar-refractivity contribution in [3.05, 3.63) is 53.7 Å². The number of nitrogens with one attached hydrogen (secondary N) is 1. The number of hydrogen-bond acceptors (Lipinski definition) is 3. The van der Waals surface area contributed by atoms with E-state index < -0.39 is 17.5 Å². The first-order chi connectivity index (χ1) is 11.1. The number of nitrogens with zero attached hydrogens (tertiary/aromatic N) is 2. The fourth-order valence-electron chi connectivity index (χ4n) is 2.63. The van der Waals surface area contributed by atoms with E-state index in [1.807, 2.05) is 6.07 Å². The first-order valence-electron chi connectivity index (χ1n) is 7.62. The topological polar surface area (TPSA) is 45.2 Å². The van der Waals surface area contributed by atoms with Gasteiger partial charge in [0.15, 0.2) is 0 Å². The maximum atomic E-state index is 13.6. The maximum absolute atomic E-state index is 13.6. The second-order valence-electron chi connectivity index (χ2n) is 5.51. The van der Waals surface area contributed by atoms with Crippen molar-refractivity contribution >= 4 is 17.4 Å². The van der Waals surface area contributed by atoms with Crippen molar-refractivity contribution in [2.75, 3.05) is 23.3 Å². The van der Waals surface area contributed by atoms with E-state index in [-0.39, 0.29) is 11.4 Å². The summed E-state index contributed by atoms with van der Waals surface area (Å²) in [6, 6.07) is 8.07. The van der Waals surface area contributed by atoms with E-state index in [9.17, 15) is 13.6 Å². The monoisotopic (exact) mass is 317 g/mol. The lowest BCUT2D eigenvalue weighted by Crippen LogP contribution is -2.30. The summed E-state index contributed by atoms with van der Waals surface area (Å²) >= 11 is 0. The van der Waals surface area contributed by atoms with Crippen molar-refractivity contribution in [1.82, 2.24) is 4.98 Å². The van der Waals surface area contributed by atoms with Gasteiger partial charge in [-0.3, -0.25) is 4.79 Å². The van der Waals surface area contributed by atoms with Gasteiger partial charge >= 0.3 is 0 Å². The highest BCUT2D eigenvalue weighted by molar-refractivity contribution is 6.03. The van der Waals surface area contributed by atoms with Crippen molar-refractivity contribution in [1.29, 1.82) is 0 Å². The number of amides is 1. The van der Waals surface area contributed by atoms with Crippen LogP contribution < -0.4 is 10.2 Å². The fourth-order valence-corrected chi connectivity index (χ4v) is 2.63. The molecule has 0 atom stereocenters. The summed E-state index contributed by atoms with van der Waals surface area (Å²) in [5.41, 5.74) is -0.0167. The third kappa shape index (κ3) is 3.64. The number of piperidine rings is 1. The summed E-state index contributed by atoms with van der Waals surface area (Å²) < 4.78 is 26.8. The minimum absolute atomic E-state index is 0.178. The maximum Gasteiger partial charge on any atom is 0.274 e. The second-order valence-corrected chi connectivity index (χ2v) is 5.51. The summed E-state index contributed by atoms with van der Waals surface area (Å²) in [7, 11) is 0. The molecule has 0 aliphatic carbocycles. The van der Waals surface area contributed by atoms with E-state index in [1.54, 1.807) is 12.1 Å². The molecule has 1 N–H and O–H groups in total. The van der Waals surface area contributed by atoms with Crippen LogP contribution in [0.5, 0.6) is 0 Å². The number of benzene rings is 1. The normalized spacial score (nSPS) is 14.6. The van der Waals surface area contributed by atoms with Crippen LogP contribution >= 0.6 is 0 Å². The molecule has 23 heavy (non-hydrogen) atoms. The van der Waals surface area contributed by atoms with Crippen LogP contribution in [-0.2, 0) is 0 Å². The molecule has 2 heterocycles. The van der Waals surface area contributed by atoms with E-state index in [1.165, 1.54) is 6.42 Å². The number of carbonyl (C=O) groups excluding carboxylic acids is 1. The summed E-state index contributed by atoms with van der Waals surface area (Å²) in [5, 5.41) is 2.36. The largest absolute Gasteiger partial charge is 0.357 e. The molecule has 0 spiro atoms. The van der Waals surface area contributed by atoms with Crippen LogP contribution in [0.3, 0.4) is 0 Å².